The number of likely N-dealkylation sites (N-methyl/N-ethyl adjacent to an activating group) is 1. The molecule has 0 aliphatic heterocycles. The predicted molar refractivity (Wildman–Crippen MR) is 115 cm³/mol. The van der Waals surface area contributed by atoms with Gasteiger partial charge in [-0.25, -0.2) is 4.68 Å². The van der Waals surface area contributed by atoms with Crippen molar-refractivity contribution in [2.45, 2.75) is 26.8 Å². The summed E-state index contributed by atoms with van der Waals surface area (Å²) in [5.41, 5.74) is 5.22. The second-order valence-electron chi connectivity index (χ2n) is 7.24. The maximum absolute atomic E-state index is 12.7. The van der Waals surface area contributed by atoms with E-state index in [2.05, 4.69) is 35.1 Å². The number of hydrogen-bond acceptors (Lipinski definition) is 5. The Hall–Kier alpha value is -2.52. The fourth-order valence-corrected chi connectivity index (χ4v) is 2.70. The first-order chi connectivity index (χ1) is 13.3. The molecule has 2 aromatic rings. The van der Waals surface area contributed by atoms with Crippen LogP contribution in [0.3, 0.4) is 0 Å². The number of aryl methyl sites for hydroxylation is 1. The monoisotopic (exact) mass is 404 g/mol. The van der Waals surface area contributed by atoms with Gasteiger partial charge in [0.25, 0.3) is 11.5 Å². The Bertz CT molecular complexity index is 894. The SMILES string of the molecule is CC(C)CCn1nc(C(=O)NNC(=S)NCCN(C)C)c2ccccc2c1=O. The minimum absolute atomic E-state index is 0.183. The van der Waals surface area contributed by atoms with Crippen LogP contribution in [0, 0.1) is 5.92 Å². The Morgan fingerprint density at radius 2 is 1.89 bits per heavy atom. The molecule has 0 saturated carbocycles. The topological polar surface area (TPSA) is 91.3 Å². The molecule has 9 heteroatoms. The van der Waals surface area contributed by atoms with Crippen LogP contribution in [0.2, 0.25) is 0 Å². The van der Waals surface area contributed by atoms with Crippen molar-refractivity contribution in [3.63, 3.8) is 0 Å². The van der Waals surface area contributed by atoms with Crippen LogP contribution in [0.1, 0.15) is 30.8 Å². The zero-order valence-corrected chi connectivity index (χ0v) is 17.6. The third-order valence-corrected chi connectivity index (χ3v) is 4.38. The van der Waals surface area contributed by atoms with Crippen molar-refractivity contribution in [3.8, 4) is 0 Å². The van der Waals surface area contributed by atoms with Crippen LogP contribution >= 0.6 is 12.2 Å². The van der Waals surface area contributed by atoms with E-state index in [1.54, 1.807) is 24.3 Å². The summed E-state index contributed by atoms with van der Waals surface area (Å²) in [7, 11) is 3.93. The first-order valence-electron chi connectivity index (χ1n) is 9.28. The lowest BCUT2D eigenvalue weighted by atomic mass is 10.1. The Kier molecular flexibility index (Phi) is 7.89. The van der Waals surface area contributed by atoms with Gasteiger partial charge in [0.2, 0.25) is 0 Å². The van der Waals surface area contributed by atoms with Crippen LogP contribution in [-0.4, -0.2) is 52.9 Å². The van der Waals surface area contributed by atoms with E-state index in [4.69, 9.17) is 12.2 Å². The van der Waals surface area contributed by atoms with Crippen LogP contribution in [0.4, 0.5) is 0 Å². The molecule has 0 aliphatic carbocycles. The number of thiocarbonyl (C=S) groups is 1. The molecule has 0 spiro atoms. The average Bonchev–Trinajstić information content (AvgIpc) is 2.65. The van der Waals surface area contributed by atoms with Crippen LogP contribution in [-0.2, 0) is 6.54 Å². The standard InChI is InChI=1S/C19H28N6O2S/c1-13(2)9-11-25-18(27)15-8-6-5-7-14(15)16(23-25)17(26)21-22-19(28)20-10-12-24(3)4/h5-8,13H,9-12H2,1-4H3,(H,21,26)(H2,20,22,28). The van der Waals surface area contributed by atoms with E-state index >= 15 is 0 Å². The van der Waals surface area contributed by atoms with E-state index in [0.717, 1.165) is 13.0 Å². The Labute approximate surface area is 170 Å². The second-order valence-corrected chi connectivity index (χ2v) is 7.65. The smallest absolute Gasteiger partial charge is 0.290 e. The van der Waals surface area contributed by atoms with Crippen molar-refractivity contribution >= 4 is 34.0 Å². The summed E-state index contributed by atoms with van der Waals surface area (Å²) in [6.45, 7) is 6.07. The highest BCUT2D eigenvalue weighted by Crippen LogP contribution is 2.13. The molecule has 0 fully saturated rings. The molecule has 3 N–H and O–H groups in total. The van der Waals surface area contributed by atoms with Gasteiger partial charge in [-0.2, -0.15) is 5.10 Å². The molecule has 0 atom stereocenters. The number of hydrogen-bond donors (Lipinski definition) is 3. The zero-order chi connectivity index (χ0) is 20.7. The minimum atomic E-state index is -0.453. The highest BCUT2D eigenvalue weighted by atomic mass is 32.1. The van der Waals surface area contributed by atoms with E-state index in [9.17, 15) is 9.59 Å². The number of rotatable bonds is 7. The first-order valence-corrected chi connectivity index (χ1v) is 9.69. The number of nitrogens with zero attached hydrogens (tertiary/aromatic N) is 3. The van der Waals surface area contributed by atoms with Gasteiger partial charge in [-0.05, 0) is 44.7 Å². The fourth-order valence-electron chi connectivity index (χ4n) is 2.54. The van der Waals surface area contributed by atoms with E-state index in [0.29, 0.717) is 34.9 Å². The van der Waals surface area contributed by atoms with Crippen LogP contribution < -0.4 is 21.7 Å². The number of benzene rings is 1. The molecule has 152 valence electrons. The number of amides is 1. The van der Waals surface area contributed by atoms with Gasteiger partial charge >= 0.3 is 0 Å². The van der Waals surface area contributed by atoms with Gasteiger partial charge in [0.15, 0.2) is 10.8 Å². The Morgan fingerprint density at radius 1 is 1.21 bits per heavy atom. The van der Waals surface area contributed by atoms with Crippen molar-refractivity contribution in [2.75, 3.05) is 27.2 Å². The molecule has 1 amide bonds. The molecule has 1 heterocycles. The molecule has 1 aromatic heterocycles. The van der Waals surface area contributed by atoms with E-state index in [1.165, 1.54) is 4.68 Å². The lowest BCUT2D eigenvalue weighted by molar-refractivity contribution is 0.0938. The number of nitrogens with one attached hydrogen (secondary N) is 3. The van der Waals surface area contributed by atoms with Crippen LogP contribution in [0.15, 0.2) is 29.1 Å². The fraction of sp³-hybridized carbons (Fsp3) is 0.474. The van der Waals surface area contributed by atoms with Gasteiger partial charge in [0.1, 0.15) is 0 Å². The minimum Gasteiger partial charge on any atom is -0.360 e. The van der Waals surface area contributed by atoms with Crippen molar-refractivity contribution in [2.24, 2.45) is 5.92 Å². The maximum atomic E-state index is 12.7. The summed E-state index contributed by atoms with van der Waals surface area (Å²) in [5, 5.41) is 8.61. The van der Waals surface area contributed by atoms with Crippen molar-refractivity contribution in [3.05, 3.63) is 40.3 Å². The van der Waals surface area contributed by atoms with E-state index < -0.39 is 5.91 Å². The summed E-state index contributed by atoms with van der Waals surface area (Å²) >= 11 is 5.16. The maximum Gasteiger partial charge on any atom is 0.290 e. The number of aromatic nitrogens is 2. The normalized spacial score (nSPS) is 11.1. The molecule has 0 saturated heterocycles. The summed E-state index contributed by atoms with van der Waals surface area (Å²) in [4.78, 5) is 27.4. The third-order valence-electron chi connectivity index (χ3n) is 4.14. The van der Waals surface area contributed by atoms with Crippen molar-refractivity contribution in [1.29, 1.82) is 0 Å². The molecule has 0 bridgehead atoms. The number of fused-ring (bicyclic) bond motifs is 1. The third kappa shape index (κ3) is 6.00. The van der Waals surface area contributed by atoms with Gasteiger partial charge in [-0.1, -0.05) is 32.0 Å². The number of carbonyl (C=O) groups is 1. The van der Waals surface area contributed by atoms with Crippen LogP contribution in [0.5, 0.6) is 0 Å². The van der Waals surface area contributed by atoms with Gasteiger partial charge in [-0.3, -0.25) is 20.4 Å². The molecular formula is C19H28N6O2S. The highest BCUT2D eigenvalue weighted by Gasteiger charge is 2.17. The van der Waals surface area contributed by atoms with Gasteiger partial charge < -0.3 is 10.2 Å². The molecular weight excluding hydrogens is 376 g/mol. The quantitative estimate of drug-likeness (QED) is 0.470. The number of carbonyl (C=O) groups excluding carboxylic acids is 1. The molecule has 2 rings (SSSR count). The summed E-state index contributed by atoms with van der Waals surface area (Å²) in [5.74, 6) is -0.0315. The van der Waals surface area contributed by atoms with Crippen LogP contribution in [0.25, 0.3) is 10.8 Å². The van der Waals surface area contributed by atoms with Gasteiger partial charge in [0.05, 0.1) is 5.39 Å². The van der Waals surface area contributed by atoms with Crippen molar-refractivity contribution in [1.82, 2.24) is 30.8 Å². The predicted octanol–water partition coefficient (Wildman–Crippen LogP) is 1.11. The molecule has 1 aromatic carbocycles. The summed E-state index contributed by atoms with van der Waals surface area (Å²) in [6.07, 6.45) is 0.796. The summed E-state index contributed by atoms with van der Waals surface area (Å²) < 4.78 is 1.37. The molecule has 8 nitrogen and oxygen atoms in total. The number of hydrazine groups is 1. The van der Waals surface area contributed by atoms with Gasteiger partial charge in [0, 0.05) is 25.0 Å². The lowest BCUT2D eigenvalue weighted by Crippen LogP contribution is -2.48. The Balaban J connectivity index is 2.17. The lowest BCUT2D eigenvalue weighted by Gasteiger charge is -2.15. The second kappa shape index (κ2) is 10.1. The first kappa shape index (κ1) is 21.8. The highest BCUT2D eigenvalue weighted by molar-refractivity contribution is 7.80. The van der Waals surface area contributed by atoms with Gasteiger partial charge in [-0.15, -0.1) is 0 Å². The zero-order valence-electron chi connectivity index (χ0n) is 16.8. The van der Waals surface area contributed by atoms with E-state index in [-0.39, 0.29) is 11.3 Å². The molecule has 0 radical (unpaired) electrons. The molecule has 28 heavy (non-hydrogen) atoms. The molecule has 0 unspecified atom stereocenters. The largest absolute Gasteiger partial charge is 0.360 e. The molecule has 0 aliphatic rings. The Morgan fingerprint density at radius 3 is 2.54 bits per heavy atom. The summed E-state index contributed by atoms with van der Waals surface area (Å²) in [6, 6.07) is 6.99. The van der Waals surface area contributed by atoms with E-state index in [1.807, 2.05) is 19.0 Å². The average molecular weight is 405 g/mol. The van der Waals surface area contributed by atoms with Crippen molar-refractivity contribution < 1.29 is 4.79 Å².